The molecule has 0 spiro atoms. The summed E-state index contributed by atoms with van der Waals surface area (Å²) in [6, 6.07) is 1.30. The summed E-state index contributed by atoms with van der Waals surface area (Å²) in [5.74, 6) is -2.06. The largest absolute Gasteiger partial charge is 0.478 e. The molecule has 0 radical (unpaired) electrons. The van der Waals surface area contributed by atoms with Crippen LogP contribution < -0.4 is 0 Å². The van der Waals surface area contributed by atoms with Crippen LogP contribution in [0.4, 0.5) is 0 Å². The smallest absolute Gasteiger partial charge is 0.336 e. The number of rotatable bonds is 4. The molecule has 0 fully saturated rings. The molecule has 0 saturated heterocycles. The summed E-state index contributed by atoms with van der Waals surface area (Å²) in [5.41, 5.74) is 1.13. The van der Waals surface area contributed by atoms with Gasteiger partial charge >= 0.3 is 5.97 Å². The number of carbonyl (C=O) groups is 2. The van der Waals surface area contributed by atoms with Crippen LogP contribution in [0.2, 0.25) is 0 Å². The van der Waals surface area contributed by atoms with Crippen LogP contribution in [-0.2, 0) is 0 Å². The summed E-state index contributed by atoms with van der Waals surface area (Å²) in [7, 11) is 0. The zero-order chi connectivity index (χ0) is 14.0. The highest BCUT2D eigenvalue weighted by Gasteiger charge is 2.29. The second-order valence-corrected chi connectivity index (χ2v) is 4.11. The van der Waals surface area contributed by atoms with E-state index in [1.807, 2.05) is 0 Å². The van der Waals surface area contributed by atoms with Gasteiger partial charge in [-0.15, -0.1) is 0 Å². The first-order chi connectivity index (χ1) is 8.25. The molecule has 0 amide bonds. The van der Waals surface area contributed by atoms with E-state index >= 15 is 0 Å². The Morgan fingerprint density at radius 3 is 2.06 bits per heavy atom. The number of carboxylic acid groups (broad SMARTS) is 1. The molecular formula is C12H13NO5. The minimum atomic E-state index is -1.45. The molecule has 1 atom stereocenters. The highest BCUT2D eigenvalue weighted by Crippen LogP contribution is 2.18. The van der Waals surface area contributed by atoms with Crippen molar-refractivity contribution in [2.24, 2.45) is 0 Å². The molecule has 0 bridgehead atoms. The Kier molecular flexibility index (Phi) is 3.80. The van der Waals surface area contributed by atoms with Crippen LogP contribution in [0.1, 0.15) is 38.8 Å². The van der Waals surface area contributed by atoms with E-state index in [9.17, 15) is 19.7 Å². The van der Waals surface area contributed by atoms with Crippen molar-refractivity contribution in [1.82, 2.24) is 0 Å². The fourth-order valence-electron chi connectivity index (χ4n) is 1.52. The monoisotopic (exact) mass is 251 g/mol. The van der Waals surface area contributed by atoms with Crippen LogP contribution in [0.15, 0.2) is 12.1 Å². The Balaban J connectivity index is 3.39. The van der Waals surface area contributed by atoms with Gasteiger partial charge in [-0.2, -0.15) is 0 Å². The SMILES string of the molecule is Cc1cc(C(=O)O)c(C(=O)C(C)[N+](=O)[O-])cc1C. The first kappa shape index (κ1) is 13.8. The predicted octanol–water partition coefficient (Wildman–Crippen LogP) is 1.85. The number of hydrogen-bond donors (Lipinski definition) is 1. The van der Waals surface area contributed by atoms with Crippen molar-refractivity contribution in [1.29, 1.82) is 0 Å². The van der Waals surface area contributed by atoms with Crippen LogP contribution in [0.25, 0.3) is 0 Å². The lowest BCUT2D eigenvalue weighted by Gasteiger charge is -2.09. The highest BCUT2D eigenvalue weighted by molar-refractivity contribution is 6.07. The minimum Gasteiger partial charge on any atom is -0.478 e. The quantitative estimate of drug-likeness (QED) is 0.500. The van der Waals surface area contributed by atoms with E-state index in [4.69, 9.17) is 5.11 Å². The average Bonchev–Trinajstić information content (AvgIpc) is 2.29. The Morgan fingerprint density at radius 1 is 1.22 bits per heavy atom. The van der Waals surface area contributed by atoms with Gasteiger partial charge in [-0.3, -0.25) is 14.9 Å². The van der Waals surface area contributed by atoms with Gasteiger partial charge in [0.2, 0.25) is 5.78 Å². The summed E-state index contributed by atoms with van der Waals surface area (Å²) >= 11 is 0. The zero-order valence-corrected chi connectivity index (χ0v) is 10.3. The first-order valence-corrected chi connectivity index (χ1v) is 5.28. The normalized spacial score (nSPS) is 11.9. The zero-order valence-electron chi connectivity index (χ0n) is 10.3. The van der Waals surface area contributed by atoms with Gasteiger partial charge in [-0.25, -0.2) is 4.79 Å². The third-order valence-electron chi connectivity index (χ3n) is 2.83. The molecule has 18 heavy (non-hydrogen) atoms. The maximum absolute atomic E-state index is 11.9. The molecule has 0 aromatic heterocycles. The number of benzene rings is 1. The van der Waals surface area contributed by atoms with Gasteiger partial charge < -0.3 is 5.11 Å². The van der Waals surface area contributed by atoms with E-state index in [2.05, 4.69) is 0 Å². The van der Waals surface area contributed by atoms with Gasteiger partial charge in [-0.05, 0) is 37.1 Å². The Bertz CT molecular complexity index is 536. The fourth-order valence-corrected chi connectivity index (χ4v) is 1.52. The Hall–Kier alpha value is -2.24. The van der Waals surface area contributed by atoms with Crippen LogP contribution in [0, 0.1) is 24.0 Å². The lowest BCUT2D eigenvalue weighted by molar-refractivity contribution is -0.500. The topological polar surface area (TPSA) is 97.5 Å². The number of hydrogen-bond acceptors (Lipinski definition) is 4. The van der Waals surface area contributed by atoms with Crippen LogP contribution in [-0.4, -0.2) is 27.8 Å². The van der Waals surface area contributed by atoms with Crippen molar-refractivity contribution in [3.63, 3.8) is 0 Å². The molecule has 6 heteroatoms. The van der Waals surface area contributed by atoms with Crippen molar-refractivity contribution in [3.8, 4) is 0 Å². The number of nitrogens with zero attached hydrogens (tertiary/aromatic N) is 1. The van der Waals surface area contributed by atoms with Gasteiger partial charge in [0.15, 0.2) is 0 Å². The molecule has 1 rings (SSSR count). The van der Waals surface area contributed by atoms with Crippen molar-refractivity contribution >= 4 is 11.8 Å². The molecule has 0 aliphatic heterocycles. The molecule has 0 saturated carbocycles. The number of aromatic carboxylic acids is 1. The fraction of sp³-hybridized carbons (Fsp3) is 0.333. The maximum atomic E-state index is 11.9. The number of ketones is 1. The van der Waals surface area contributed by atoms with Gasteiger partial charge in [0.25, 0.3) is 6.04 Å². The molecule has 1 aromatic carbocycles. The van der Waals surface area contributed by atoms with Crippen molar-refractivity contribution in [3.05, 3.63) is 44.5 Å². The number of nitro groups is 1. The molecule has 1 aromatic rings. The third-order valence-corrected chi connectivity index (χ3v) is 2.83. The van der Waals surface area contributed by atoms with Crippen molar-refractivity contribution < 1.29 is 19.6 Å². The van der Waals surface area contributed by atoms with Crippen LogP contribution in [0.3, 0.4) is 0 Å². The van der Waals surface area contributed by atoms with Gasteiger partial charge in [0, 0.05) is 17.4 Å². The summed E-state index contributed by atoms with van der Waals surface area (Å²) in [5, 5.41) is 19.6. The summed E-state index contributed by atoms with van der Waals surface area (Å²) in [6.07, 6.45) is 0. The number of carboxylic acids is 1. The summed E-state index contributed by atoms with van der Waals surface area (Å²) in [6.45, 7) is 4.57. The van der Waals surface area contributed by atoms with Crippen molar-refractivity contribution in [2.75, 3.05) is 0 Å². The molecule has 0 aliphatic carbocycles. The van der Waals surface area contributed by atoms with Crippen molar-refractivity contribution in [2.45, 2.75) is 26.8 Å². The maximum Gasteiger partial charge on any atom is 0.336 e. The molecular weight excluding hydrogens is 238 g/mol. The van der Waals surface area contributed by atoms with Crippen LogP contribution >= 0.6 is 0 Å². The molecule has 1 unspecified atom stereocenters. The molecule has 96 valence electrons. The van der Waals surface area contributed by atoms with E-state index < -0.39 is 22.7 Å². The number of aryl methyl sites for hydroxylation is 2. The standard InChI is InChI=1S/C12H13NO5/c1-6-4-9(11(14)8(3)13(17)18)10(12(15)16)5-7(6)2/h4-5,8H,1-3H3,(H,15,16). The summed E-state index contributed by atoms with van der Waals surface area (Å²) < 4.78 is 0. The summed E-state index contributed by atoms with van der Waals surface area (Å²) in [4.78, 5) is 32.8. The van der Waals surface area contributed by atoms with E-state index in [1.54, 1.807) is 13.8 Å². The van der Waals surface area contributed by atoms with Gasteiger partial charge in [0.05, 0.1) is 5.56 Å². The van der Waals surface area contributed by atoms with E-state index in [-0.39, 0.29) is 11.1 Å². The van der Waals surface area contributed by atoms with E-state index in [0.29, 0.717) is 0 Å². The Morgan fingerprint density at radius 2 is 1.67 bits per heavy atom. The molecule has 0 aliphatic rings. The number of Topliss-reactive ketones (excluding diaryl/α,β-unsaturated/α-hetero) is 1. The third kappa shape index (κ3) is 2.53. The molecule has 1 N–H and O–H groups in total. The second kappa shape index (κ2) is 4.95. The minimum absolute atomic E-state index is 0.116. The average molecular weight is 251 g/mol. The lowest BCUT2D eigenvalue weighted by atomic mass is 9.95. The predicted molar refractivity (Wildman–Crippen MR) is 63.7 cm³/mol. The second-order valence-electron chi connectivity index (χ2n) is 4.11. The lowest BCUT2D eigenvalue weighted by Crippen LogP contribution is -2.27. The van der Waals surface area contributed by atoms with Gasteiger partial charge in [-0.1, -0.05) is 0 Å². The Labute approximate surface area is 103 Å². The van der Waals surface area contributed by atoms with Crippen LogP contribution in [0.5, 0.6) is 0 Å². The van der Waals surface area contributed by atoms with E-state index in [0.717, 1.165) is 18.1 Å². The van der Waals surface area contributed by atoms with E-state index in [1.165, 1.54) is 12.1 Å². The molecule has 0 heterocycles. The van der Waals surface area contributed by atoms with Gasteiger partial charge in [0.1, 0.15) is 0 Å². The number of carbonyl (C=O) groups excluding carboxylic acids is 1. The highest BCUT2D eigenvalue weighted by atomic mass is 16.6. The molecule has 6 nitrogen and oxygen atoms in total. The first-order valence-electron chi connectivity index (χ1n) is 5.28.